The normalized spacial score (nSPS) is 14.2. The Kier molecular flexibility index (Phi) is 8.18. The molecule has 0 spiro atoms. The molecule has 0 heteroatoms. The average Bonchev–Trinajstić information content (AvgIpc) is 2.17. The Morgan fingerprint density at radius 3 is 2.23 bits per heavy atom. The van der Waals surface area contributed by atoms with Crippen LogP contribution >= 0.6 is 0 Å². The minimum atomic E-state index is 0.731. The standard InChI is InChI=1S/C13H24/c1-5-9-10-11-13(8-4)12(6-2)7-3/h10-13H,1-2,5-9H2,3-4H3. The molecule has 0 aromatic rings. The maximum Gasteiger partial charge on any atom is -0.0208 e. The molecule has 0 bridgehead atoms. The summed E-state index contributed by atoms with van der Waals surface area (Å²) in [5.41, 5.74) is 0. The molecule has 0 aromatic carbocycles. The van der Waals surface area contributed by atoms with E-state index >= 15 is 0 Å². The molecule has 0 fully saturated rings. The van der Waals surface area contributed by atoms with E-state index in [0.717, 1.165) is 31.1 Å². The smallest absolute Gasteiger partial charge is 0.0208 e. The molecule has 0 nitrogen and oxygen atoms in total. The third-order valence-electron chi connectivity index (χ3n) is 2.73. The summed E-state index contributed by atoms with van der Waals surface area (Å²) in [5.74, 6) is 1.50. The van der Waals surface area contributed by atoms with Crippen LogP contribution in [-0.2, 0) is 0 Å². The Morgan fingerprint density at radius 2 is 1.85 bits per heavy atom. The van der Waals surface area contributed by atoms with Gasteiger partial charge in [0.05, 0.1) is 0 Å². The lowest BCUT2D eigenvalue weighted by Gasteiger charge is -2.20. The van der Waals surface area contributed by atoms with Crippen molar-refractivity contribution in [3.8, 4) is 0 Å². The van der Waals surface area contributed by atoms with Crippen LogP contribution in [0, 0.1) is 25.7 Å². The van der Waals surface area contributed by atoms with Crippen LogP contribution in [0.2, 0.25) is 0 Å². The van der Waals surface area contributed by atoms with Crippen LogP contribution in [-0.4, -0.2) is 0 Å². The lowest BCUT2D eigenvalue weighted by atomic mass is 9.85. The van der Waals surface area contributed by atoms with Crippen molar-refractivity contribution in [2.45, 2.75) is 46.0 Å². The molecule has 0 amide bonds. The van der Waals surface area contributed by atoms with Gasteiger partial charge in [-0.25, -0.2) is 0 Å². The number of hydrogen-bond donors (Lipinski definition) is 0. The maximum atomic E-state index is 4.01. The predicted octanol–water partition coefficient (Wildman–Crippen LogP) is 4.43. The zero-order valence-electron chi connectivity index (χ0n) is 9.26. The minimum absolute atomic E-state index is 0.731. The quantitative estimate of drug-likeness (QED) is 0.508. The van der Waals surface area contributed by atoms with Gasteiger partial charge in [-0.2, -0.15) is 0 Å². The maximum absolute atomic E-state index is 4.01. The molecule has 0 saturated heterocycles. The second-order valence-corrected chi connectivity index (χ2v) is 3.60. The predicted molar refractivity (Wildman–Crippen MR) is 61.3 cm³/mol. The zero-order valence-corrected chi connectivity index (χ0v) is 9.26. The van der Waals surface area contributed by atoms with Gasteiger partial charge in [-0.05, 0) is 37.5 Å². The molecule has 76 valence electrons. The highest BCUT2D eigenvalue weighted by Crippen LogP contribution is 2.23. The van der Waals surface area contributed by atoms with Crippen LogP contribution in [0.25, 0.3) is 0 Å². The molecule has 0 aromatic heterocycles. The van der Waals surface area contributed by atoms with Crippen LogP contribution in [0.4, 0.5) is 0 Å². The van der Waals surface area contributed by atoms with Crippen LogP contribution in [0.3, 0.4) is 0 Å². The Morgan fingerprint density at radius 1 is 1.15 bits per heavy atom. The van der Waals surface area contributed by atoms with Gasteiger partial charge in [0.25, 0.3) is 0 Å². The summed E-state index contributed by atoms with van der Waals surface area (Å²) in [6, 6.07) is 0. The summed E-state index contributed by atoms with van der Waals surface area (Å²) >= 11 is 0. The highest BCUT2D eigenvalue weighted by Gasteiger charge is 2.12. The molecule has 0 saturated carbocycles. The van der Waals surface area contributed by atoms with Gasteiger partial charge in [0.15, 0.2) is 0 Å². The van der Waals surface area contributed by atoms with Gasteiger partial charge in [-0.1, -0.05) is 46.3 Å². The summed E-state index contributed by atoms with van der Waals surface area (Å²) in [5, 5.41) is 0. The second-order valence-electron chi connectivity index (χ2n) is 3.60. The van der Waals surface area contributed by atoms with Crippen molar-refractivity contribution in [2.24, 2.45) is 11.8 Å². The van der Waals surface area contributed by atoms with Gasteiger partial charge in [-0.3, -0.25) is 0 Å². The molecular weight excluding hydrogens is 156 g/mol. The summed E-state index contributed by atoms with van der Waals surface area (Å²) in [7, 11) is 0. The topological polar surface area (TPSA) is 0 Å². The van der Waals surface area contributed by atoms with E-state index in [-0.39, 0.29) is 0 Å². The fourth-order valence-corrected chi connectivity index (χ4v) is 1.74. The monoisotopic (exact) mass is 180 g/mol. The molecule has 13 heavy (non-hydrogen) atoms. The minimum Gasteiger partial charge on any atom is -0.0882 e. The average molecular weight is 180 g/mol. The fraction of sp³-hybridized carbons (Fsp3) is 0.692. The number of rotatable bonds is 7. The lowest BCUT2D eigenvalue weighted by Crippen LogP contribution is -2.09. The first-order chi connectivity index (χ1) is 6.29. The highest BCUT2D eigenvalue weighted by molar-refractivity contribution is 4.91. The van der Waals surface area contributed by atoms with E-state index in [9.17, 15) is 0 Å². The van der Waals surface area contributed by atoms with Crippen molar-refractivity contribution in [3.05, 3.63) is 26.0 Å². The third-order valence-corrected chi connectivity index (χ3v) is 2.73. The van der Waals surface area contributed by atoms with Crippen molar-refractivity contribution in [3.63, 3.8) is 0 Å². The van der Waals surface area contributed by atoms with E-state index in [0.29, 0.717) is 0 Å². The molecule has 0 aliphatic heterocycles. The van der Waals surface area contributed by atoms with E-state index < -0.39 is 0 Å². The second kappa shape index (κ2) is 8.34. The van der Waals surface area contributed by atoms with Gasteiger partial charge in [0.2, 0.25) is 0 Å². The van der Waals surface area contributed by atoms with Gasteiger partial charge >= 0.3 is 0 Å². The summed E-state index contributed by atoms with van der Waals surface area (Å²) in [6.07, 6.45) is 10.3. The molecule has 2 radical (unpaired) electrons. The number of unbranched alkanes of at least 4 members (excludes halogenated alkanes) is 1. The Hall–Kier alpha value is -0.260. The summed E-state index contributed by atoms with van der Waals surface area (Å²) in [6.45, 7) is 12.4. The zero-order chi connectivity index (χ0) is 10.1. The fourth-order valence-electron chi connectivity index (χ4n) is 1.74. The van der Waals surface area contributed by atoms with E-state index in [2.05, 4.69) is 39.8 Å². The van der Waals surface area contributed by atoms with Gasteiger partial charge < -0.3 is 0 Å². The van der Waals surface area contributed by atoms with Crippen LogP contribution in [0.15, 0.2) is 12.2 Å². The Balaban J connectivity index is 3.98. The number of hydrogen-bond acceptors (Lipinski definition) is 0. The molecular formula is C13H24. The third kappa shape index (κ3) is 5.13. The van der Waals surface area contributed by atoms with Crippen molar-refractivity contribution in [2.75, 3.05) is 0 Å². The van der Waals surface area contributed by atoms with Crippen molar-refractivity contribution in [1.82, 2.24) is 0 Å². The SMILES string of the molecule is [CH2]CCC=CC(CC)C(C[CH2])CC. The lowest BCUT2D eigenvalue weighted by molar-refractivity contribution is 0.375. The van der Waals surface area contributed by atoms with Crippen molar-refractivity contribution in [1.29, 1.82) is 0 Å². The van der Waals surface area contributed by atoms with Gasteiger partial charge in [0, 0.05) is 0 Å². The number of allylic oxidation sites excluding steroid dienone is 2. The molecule has 0 heterocycles. The van der Waals surface area contributed by atoms with E-state index in [4.69, 9.17) is 0 Å². The summed E-state index contributed by atoms with van der Waals surface area (Å²) < 4.78 is 0. The van der Waals surface area contributed by atoms with E-state index in [1.54, 1.807) is 0 Å². The Bertz CT molecular complexity index is 120. The van der Waals surface area contributed by atoms with Crippen LogP contribution in [0.5, 0.6) is 0 Å². The molecule has 2 atom stereocenters. The first kappa shape index (κ1) is 12.7. The molecule has 0 rings (SSSR count). The molecule has 0 N–H and O–H groups in total. The van der Waals surface area contributed by atoms with Crippen LogP contribution in [0.1, 0.15) is 46.0 Å². The first-order valence-electron chi connectivity index (χ1n) is 5.55. The van der Waals surface area contributed by atoms with E-state index in [1.807, 2.05) is 0 Å². The molecule has 0 aliphatic rings. The Labute approximate surface area is 84.4 Å². The van der Waals surface area contributed by atoms with Gasteiger partial charge in [0.1, 0.15) is 0 Å². The van der Waals surface area contributed by atoms with Crippen molar-refractivity contribution >= 4 is 0 Å². The highest BCUT2D eigenvalue weighted by atomic mass is 14.2. The molecule has 2 unspecified atom stereocenters. The van der Waals surface area contributed by atoms with E-state index in [1.165, 1.54) is 12.8 Å². The first-order valence-corrected chi connectivity index (χ1v) is 5.55. The molecule has 0 aliphatic carbocycles. The van der Waals surface area contributed by atoms with Crippen molar-refractivity contribution < 1.29 is 0 Å². The largest absolute Gasteiger partial charge is 0.0882 e. The van der Waals surface area contributed by atoms with Gasteiger partial charge in [-0.15, -0.1) is 0 Å². The van der Waals surface area contributed by atoms with Crippen LogP contribution < -0.4 is 0 Å². The summed E-state index contributed by atoms with van der Waals surface area (Å²) in [4.78, 5) is 0.